The summed E-state index contributed by atoms with van der Waals surface area (Å²) < 4.78 is 2.43. The third-order valence-corrected chi connectivity index (χ3v) is 12.0. The molecule has 2 nitrogen and oxygen atoms in total. The second-order valence-corrected chi connectivity index (χ2v) is 15.3. The minimum Gasteiger partial charge on any atom is -0.314 e. The maximum atomic E-state index is 2.49. The predicted octanol–water partition coefficient (Wildman–Crippen LogP) is 13.3. The maximum absolute atomic E-state index is 2.49. The summed E-state index contributed by atoms with van der Waals surface area (Å²) in [6.07, 6.45) is 12.5. The van der Waals surface area contributed by atoms with Crippen molar-refractivity contribution in [2.45, 2.75) is 38.5 Å². The highest BCUT2D eigenvalue weighted by atomic mass is 15.1. The van der Waals surface area contributed by atoms with Gasteiger partial charge in [0.15, 0.2) is 0 Å². The summed E-state index contributed by atoms with van der Waals surface area (Å²) >= 11 is 0. The molecule has 0 N–H and O–H groups in total. The number of nitrogens with zero attached hydrogens (tertiary/aromatic N) is 2. The molecule has 3 aliphatic carbocycles. The molecule has 256 valence electrons. The number of benzene rings is 6. The van der Waals surface area contributed by atoms with Gasteiger partial charge in [0.05, 0.1) is 5.52 Å². The lowest BCUT2D eigenvalue weighted by molar-refractivity contribution is 0.406. The van der Waals surface area contributed by atoms with Crippen LogP contribution in [0.3, 0.4) is 0 Å². The van der Waals surface area contributed by atoms with Crippen molar-refractivity contribution < 1.29 is 0 Å². The zero-order valence-electron chi connectivity index (χ0n) is 30.3. The average molecular weight is 683 g/mol. The van der Waals surface area contributed by atoms with Gasteiger partial charge in [-0.1, -0.05) is 129 Å². The van der Waals surface area contributed by atoms with E-state index < -0.39 is 0 Å². The van der Waals surface area contributed by atoms with Gasteiger partial charge in [-0.05, 0) is 136 Å². The molecule has 1 atom stereocenters. The predicted molar refractivity (Wildman–Crippen MR) is 224 cm³/mol. The Morgan fingerprint density at radius 1 is 0.623 bits per heavy atom. The van der Waals surface area contributed by atoms with Crippen molar-refractivity contribution in [1.29, 1.82) is 0 Å². The molecular weight excluding hydrogens is 641 g/mol. The summed E-state index contributed by atoms with van der Waals surface area (Å²) in [5.74, 6) is 0.412. The fourth-order valence-corrected chi connectivity index (χ4v) is 9.27. The van der Waals surface area contributed by atoms with Gasteiger partial charge >= 0.3 is 0 Å². The van der Waals surface area contributed by atoms with Crippen LogP contribution >= 0.6 is 0 Å². The normalized spacial score (nSPS) is 16.8. The number of allylic oxidation sites excluding steroid dienone is 5. The third kappa shape index (κ3) is 5.24. The minimum atomic E-state index is 0.0520. The molecule has 0 radical (unpaired) electrons. The van der Waals surface area contributed by atoms with Crippen molar-refractivity contribution in [3.8, 4) is 27.9 Å². The number of hydrogen-bond donors (Lipinski definition) is 0. The van der Waals surface area contributed by atoms with Crippen LogP contribution in [0.2, 0.25) is 0 Å². The van der Waals surface area contributed by atoms with E-state index in [4.69, 9.17) is 0 Å². The van der Waals surface area contributed by atoms with Crippen LogP contribution in [0.5, 0.6) is 0 Å². The van der Waals surface area contributed by atoms with Crippen LogP contribution in [0.1, 0.15) is 49.1 Å². The summed E-state index contributed by atoms with van der Waals surface area (Å²) in [5.41, 5.74) is 18.2. The Hall–Kier alpha value is -6.12. The van der Waals surface area contributed by atoms with E-state index in [-0.39, 0.29) is 5.41 Å². The molecule has 0 saturated carbocycles. The largest absolute Gasteiger partial charge is 0.314 e. The molecule has 1 heterocycles. The lowest BCUT2D eigenvalue weighted by Crippen LogP contribution is -2.28. The van der Waals surface area contributed by atoms with E-state index in [2.05, 4.69) is 199 Å². The van der Waals surface area contributed by atoms with Gasteiger partial charge in [-0.15, -0.1) is 0 Å². The van der Waals surface area contributed by atoms with E-state index in [1.165, 1.54) is 83.9 Å². The lowest BCUT2D eigenvalue weighted by Gasteiger charge is -2.36. The van der Waals surface area contributed by atoms with E-state index >= 15 is 0 Å². The van der Waals surface area contributed by atoms with Gasteiger partial charge in [0.25, 0.3) is 0 Å². The lowest BCUT2D eigenvalue weighted by atomic mass is 9.74. The number of anilines is 2. The molecule has 0 fully saturated rings. The van der Waals surface area contributed by atoms with Crippen LogP contribution in [-0.4, -0.2) is 4.57 Å². The zero-order valence-corrected chi connectivity index (χ0v) is 30.3. The van der Waals surface area contributed by atoms with Crippen molar-refractivity contribution in [2.75, 3.05) is 4.90 Å². The van der Waals surface area contributed by atoms with Crippen molar-refractivity contribution in [1.82, 2.24) is 4.57 Å². The second-order valence-electron chi connectivity index (χ2n) is 15.3. The quantitative estimate of drug-likeness (QED) is 0.169. The van der Waals surface area contributed by atoms with Crippen LogP contribution in [0.15, 0.2) is 176 Å². The van der Waals surface area contributed by atoms with Crippen LogP contribution in [-0.2, 0) is 11.8 Å². The van der Waals surface area contributed by atoms with Crippen molar-refractivity contribution >= 4 is 33.9 Å². The van der Waals surface area contributed by atoms with Gasteiger partial charge in [-0.3, -0.25) is 0 Å². The minimum absolute atomic E-state index is 0.0520. The standard InChI is InChI=1S/C51H42N2/c1-51(2)47-22-11-9-20-43(47)44-30-29-42(34-48(44)51)52(41-19-13-16-37(32-41)35-14-5-3-6-15-35)40-27-24-36(25-28-40)38-26-31-50-46(33-38)45-21-10-12-23-49(45)53(50)39-17-7-4-8-18-39/h3-9,11-20,22-33,48H,10,21,34H2,1-2H3. The molecule has 10 rings (SSSR count). The van der Waals surface area contributed by atoms with Crippen molar-refractivity contribution in [3.63, 3.8) is 0 Å². The molecule has 0 amide bonds. The molecular formula is C51H42N2. The first-order valence-corrected chi connectivity index (χ1v) is 19.0. The smallest absolute Gasteiger partial charge is 0.0538 e. The average Bonchev–Trinajstić information content (AvgIpc) is 3.67. The molecule has 2 heteroatoms. The molecule has 0 spiro atoms. The molecule has 0 bridgehead atoms. The first kappa shape index (κ1) is 31.6. The highest BCUT2D eigenvalue weighted by molar-refractivity contribution is 5.94. The molecule has 3 aliphatic rings. The number of para-hydroxylation sites is 1. The number of hydrogen-bond acceptors (Lipinski definition) is 1. The summed E-state index contributed by atoms with van der Waals surface area (Å²) in [7, 11) is 0. The number of aromatic nitrogens is 1. The first-order chi connectivity index (χ1) is 26.0. The van der Waals surface area contributed by atoms with Crippen LogP contribution < -0.4 is 4.90 Å². The van der Waals surface area contributed by atoms with E-state index in [0.717, 1.165) is 19.3 Å². The van der Waals surface area contributed by atoms with E-state index in [0.29, 0.717) is 5.92 Å². The fraction of sp³-hybridized carbons (Fsp3) is 0.137. The Balaban J connectivity index is 1.06. The monoisotopic (exact) mass is 682 g/mol. The van der Waals surface area contributed by atoms with Gasteiger partial charge < -0.3 is 9.47 Å². The Morgan fingerprint density at radius 3 is 2.15 bits per heavy atom. The Bertz CT molecular complexity index is 2600. The fourth-order valence-electron chi connectivity index (χ4n) is 9.27. The van der Waals surface area contributed by atoms with Crippen molar-refractivity contribution in [3.05, 3.63) is 198 Å². The van der Waals surface area contributed by atoms with Gasteiger partial charge in [0, 0.05) is 33.8 Å². The van der Waals surface area contributed by atoms with Gasteiger partial charge in [0.2, 0.25) is 0 Å². The molecule has 0 aliphatic heterocycles. The maximum Gasteiger partial charge on any atom is 0.0538 e. The summed E-state index contributed by atoms with van der Waals surface area (Å²) in [4.78, 5) is 2.49. The number of rotatable bonds is 6. The summed E-state index contributed by atoms with van der Waals surface area (Å²) in [6.45, 7) is 4.85. The van der Waals surface area contributed by atoms with Crippen LogP contribution in [0, 0.1) is 5.92 Å². The molecule has 53 heavy (non-hydrogen) atoms. The second kappa shape index (κ2) is 12.5. The number of aryl methyl sites for hydroxylation is 1. The Kier molecular flexibility index (Phi) is 7.47. The zero-order chi connectivity index (χ0) is 35.5. The van der Waals surface area contributed by atoms with E-state index in [9.17, 15) is 0 Å². The molecule has 7 aromatic rings. The first-order valence-electron chi connectivity index (χ1n) is 19.0. The van der Waals surface area contributed by atoms with Crippen LogP contribution in [0.4, 0.5) is 11.4 Å². The van der Waals surface area contributed by atoms with E-state index in [1.807, 2.05) is 0 Å². The highest BCUT2D eigenvalue weighted by Crippen LogP contribution is 2.54. The SMILES string of the molecule is CC1(C)c2ccccc2C2=CC=C(N(c3ccc(-c4ccc5c(c4)c4c(n5-c5ccccc5)C=CCC4)cc3)c3cccc(-c4ccccc4)c3)CC21. The summed E-state index contributed by atoms with van der Waals surface area (Å²) in [5, 5.41) is 1.35. The molecule has 6 aromatic carbocycles. The van der Waals surface area contributed by atoms with E-state index in [1.54, 1.807) is 0 Å². The van der Waals surface area contributed by atoms with Gasteiger partial charge in [-0.25, -0.2) is 0 Å². The molecule has 1 unspecified atom stereocenters. The Morgan fingerprint density at radius 2 is 1.32 bits per heavy atom. The topological polar surface area (TPSA) is 8.17 Å². The molecule has 1 aromatic heterocycles. The summed E-state index contributed by atoms with van der Waals surface area (Å²) in [6, 6.07) is 55.8. The number of fused-ring (bicyclic) bond motifs is 6. The van der Waals surface area contributed by atoms with Gasteiger partial charge in [-0.2, -0.15) is 0 Å². The molecule has 0 saturated heterocycles. The van der Waals surface area contributed by atoms with Crippen LogP contribution in [0.25, 0.3) is 50.5 Å². The third-order valence-electron chi connectivity index (χ3n) is 12.0. The van der Waals surface area contributed by atoms with Crippen molar-refractivity contribution in [2.24, 2.45) is 5.92 Å². The highest BCUT2D eigenvalue weighted by Gasteiger charge is 2.44. The van der Waals surface area contributed by atoms with Gasteiger partial charge in [0.1, 0.15) is 0 Å². The Labute approximate surface area is 312 Å².